The van der Waals surface area contributed by atoms with Gasteiger partial charge < -0.3 is 4.74 Å². The Hall–Kier alpha value is -0.970. The van der Waals surface area contributed by atoms with Gasteiger partial charge in [0.2, 0.25) is 0 Å². The first-order valence-corrected chi connectivity index (χ1v) is 5.65. The van der Waals surface area contributed by atoms with E-state index < -0.39 is 13.0 Å². The number of nitrogens with zero attached hydrogens (tertiary/aromatic N) is 2. The topological polar surface area (TPSA) is 27.1 Å². The first-order valence-electron chi connectivity index (χ1n) is 5.65. The lowest BCUT2D eigenvalue weighted by molar-refractivity contribution is 0.00863. The number of halogens is 2. The maximum Gasteiger partial charge on any atom is 0.261 e. The van der Waals surface area contributed by atoms with Crippen LogP contribution in [0.4, 0.5) is 8.78 Å². The molecule has 0 bridgehead atoms. The van der Waals surface area contributed by atoms with Crippen LogP contribution in [0.5, 0.6) is 0 Å². The number of hydrogen-bond donors (Lipinski definition) is 0. The highest BCUT2D eigenvalue weighted by atomic mass is 19.3. The van der Waals surface area contributed by atoms with Crippen LogP contribution in [0.1, 0.15) is 37.4 Å². The third-order valence-electron chi connectivity index (χ3n) is 2.86. The second kappa shape index (κ2) is 5.39. The summed E-state index contributed by atoms with van der Waals surface area (Å²) in [6.45, 7) is -0.347. The number of aromatic nitrogens is 2. The summed E-state index contributed by atoms with van der Waals surface area (Å²) >= 11 is 0. The number of rotatable bonds is 5. The summed E-state index contributed by atoms with van der Waals surface area (Å²) < 4.78 is 30.4. The van der Waals surface area contributed by atoms with Gasteiger partial charge in [-0.15, -0.1) is 0 Å². The zero-order valence-electron chi connectivity index (χ0n) is 9.11. The van der Waals surface area contributed by atoms with Crippen molar-refractivity contribution in [2.24, 2.45) is 0 Å². The second-order valence-corrected chi connectivity index (χ2v) is 4.13. The van der Waals surface area contributed by atoms with Crippen molar-refractivity contribution in [1.29, 1.82) is 0 Å². The molecule has 0 spiro atoms. The van der Waals surface area contributed by atoms with Gasteiger partial charge in [-0.25, -0.2) is 8.78 Å². The average molecular weight is 230 g/mol. The van der Waals surface area contributed by atoms with E-state index in [9.17, 15) is 8.78 Å². The van der Waals surface area contributed by atoms with E-state index in [-0.39, 0.29) is 6.61 Å². The van der Waals surface area contributed by atoms with E-state index in [1.807, 2.05) is 16.9 Å². The predicted molar refractivity (Wildman–Crippen MR) is 55.4 cm³/mol. The Morgan fingerprint density at radius 2 is 2.19 bits per heavy atom. The molecular formula is C11H16F2N2O. The van der Waals surface area contributed by atoms with Gasteiger partial charge in [0.15, 0.2) is 0 Å². The Bertz CT molecular complexity index is 322. The smallest absolute Gasteiger partial charge is 0.261 e. The van der Waals surface area contributed by atoms with Gasteiger partial charge >= 0.3 is 0 Å². The molecule has 0 radical (unpaired) electrons. The fourth-order valence-electron chi connectivity index (χ4n) is 2.08. The molecule has 0 atom stereocenters. The maximum absolute atomic E-state index is 11.8. The molecule has 0 N–H and O–H groups in total. The van der Waals surface area contributed by atoms with Gasteiger partial charge in [-0.3, -0.25) is 4.68 Å². The summed E-state index contributed by atoms with van der Waals surface area (Å²) in [6.07, 6.45) is 4.34. The summed E-state index contributed by atoms with van der Waals surface area (Å²) in [5, 5.41) is 4.34. The van der Waals surface area contributed by atoms with Gasteiger partial charge in [0, 0.05) is 6.20 Å². The van der Waals surface area contributed by atoms with E-state index in [1.54, 1.807) is 0 Å². The third-order valence-corrected chi connectivity index (χ3v) is 2.86. The van der Waals surface area contributed by atoms with Crippen molar-refractivity contribution in [3.63, 3.8) is 0 Å². The van der Waals surface area contributed by atoms with Crippen molar-refractivity contribution >= 4 is 0 Å². The molecule has 2 rings (SSSR count). The molecule has 0 saturated heterocycles. The molecule has 1 aliphatic carbocycles. The maximum atomic E-state index is 11.8. The fourth-order valence-corrected chi connectivity index (χ4v) is 2.08. The van der Waals surface area contributed by atoms with Crippen LogP contribution in [-0.2, 0) is 11.3 Å². The molecule has 1 saturated carbocycles. The van der Waals surface area contributed by atoms with Crippen LogP contribution in [0, 0.1) is 0 Å². The molecule has 1 heterocycles. The van der Waals surface area contributed by atoms with Crippen molar-refractivity contribution in [2.75, 3.05) is 6.61 Å². The highest BCUT2D eigenvalue weighted by Gasteiger charge is 2.17. The van der Waals surface area contributed by atoms with Crippen molar-refractivity contribution in [3.05, 3.63) is 18.0 Å². The molecule has 0 amide bonds. The molecule has 3 nitrogen and oxygen atoms in total. The predicted octanol–water partition coefficient (Wildman–Crippen LogP) is 2.78. The first kappa shape index (κ1) is 11.5. The van der Waals surface area contributed by atoms with E-state index >= 15 is 0 Å². The average Bonchev–Trinajstić information content (AvgIpc) is 2.85. The molecule has 1 fully saturated rings. The van der Waals surface area contributed by atoms with Crippen LogP contribution < -0.4 is 0 Å². The highest BCUT2D eigenvalue weighted by molar-refractivity contribution is 4.98. The molecule has 5 heteroatoms. The molecule has 0 unspecified atom stereocenters. The Balaban J connectivity index is 1.82. The lowest BCUT2D eigenvalue weighted by atomic mass is 10.3. The van der Waals surface area contributed by atoms with Gasteiger partial charge in [-0.05, 0) is 18.9 Å². The Labute approximate surface area is 93.4 Å². The van der Waals surface area contributed by atoms with Gasteiger partial charge in [0.1, 0.15) is 6.61 Å². The largest absolute Gasteiger partial charge is 0.369 e. The summed E-state index contributed by atoms with van der Waals surface area (Å²) in [5.74, 6) is 0. The minimum Gasteiger partial charge on any atom is -0.369 e. The molecular weight excluding hydrogens is 214 g/mol. The molecule has 1 aromatic heterocycles. The second-order valence-electron chi connectivity index (χ2n) is 4.13. The van der Waals surface area contributed by atoms with E-state index in [1.165, 1.54) is 25.7 Å². The lowest BCUT2D eigenvalue weighted by Gasteiger charge is -2.08. The fraction of sp³-hybridized carbons (Fsp3) is 0.727. The SMILES string of the molecule is FC(F)COCc1ccn(C2CCCC2)n1. The van der Waals surface area contributed by atoms with Gasteiger partial charge in [-0.1, -0.05) is 12.8 Å². The standard InChI is InChI=1S/C11H16F2N2O/c12-11(13)8-16-7-9-5-6-15(14-9)10-3-1-2-4-10/h5-6,10-11H,1-4,7-8H2. The molecule has 0 aliphatic heterocycles. The minimum absolute atomic E-state index is 0.171. The van der Waals surface area contributed by atoms with E-state index in [0.717, 1.165) is 5.69 Å². The molecule has 1 aromatic rings. The van der Waals surface area contributed by atoms with E-state index in [2.05, 4.69) is 5.10 Å². The van der Waals surface area contributed by atoms with Crippen molar-refractivity contribution in [2.45, 2.75) is 44.8 Å². The summed E-state index contributed by atoms with van der Waals surface area (Å²) in [5.41, 5.74) is 0.729. The first-order chi connectivity index (χ1) is 7.75. The van der Waals surface area contributed by atoms with Crippen LogP contribution in [-0.4, -0.2) is 22.8 Å². The molecule has 90 valence electrons. The lowest BCUT2D eigenvalue weighted by Crippen LogP contribution is -2.07. The molecule has 1 aliphatic rings. The van der Waals surface area contributed by atoms with E-state index in [0.29, 0.717) is 6.04 Å². The minimum atomic E-state index is -2.41. The molecule has 0 aromatic carbocycles. The van der Waals surface area contributed by atoms with E-state index in [4.69, 9.17) is 4.74 Å². The Kier molecular flexibility index (Phi) is 3.88. The van der Waals surface area contributed by atoms with Crippen LogP contribution >= 0.6 is 0 Å². The van der Waals surface area contributed by atoms with Gasteiger partial charge in [0.05, 0.1) is 18.3 Å². The Morgan fingerprint density at radius 1 is 1.44 bits per heavy atom. The number of ether oxygens (including phenoxy) is 1. The van der Waals surface area contributed by atoms with Crippen LogP contribution in [0.3, 0.4) is 0 Å². The van der Waals surface area contributed by atoms with Gasteiger partial charge in [-0.2, -0.15) is 5.10 Å². The zero-order chi connectivity index (χ0) is 11.4. The summed E-state index contributed by atoms with van der Waals surface area (Å²) in [6, 6.07) is 2.33. The van der Waals surface area contributed by atoms with Gasteiger partial charge in [0.25, 0.3) is 6.43 Å². The summed E-state index contributed by atoms with van der Waals surface area (Å²) in [7, 11) is 0. The normalized spacial score (nSPS) is 17.4. The zero-order valence-corrected chi connectivity index (χ0v) is 9.11. The number of hydrogen-bond acceptors (Lipinski definition) is 2. The monoisotopic (exact) mass is 230 g/mol. The number of alkyl halides is 2. The quantitative estimate of drug-likeness (QED) is 0.777. The Morgan fingerprint density at radius 3 is 2.88 bits per heavy atom. The third kappa shape index (κ3) is 3.01. The molecule has 16 heavy (non-hydrogen) atoms. The van der Waals surface area contributed by atoms with Crippen LogP contribution in [0.2, 0.25) is 0 Å². The van der Waals surface area contributed by atoms with Crippen molar-refractivity contribution < 1.29 is 13.5 Å². The summed E-state index contributed by atoms with van der Waals surface area (Å²) in [4.78, 5) is 0. The van der Waals surface area contributed by atoms with Crippen LogP contribution in [0.25, 0.3) is 0 Å². The van der Waals surface area contributed by atoms with Crippen LogP contribution in [0.15, 0.2) is 12.3 Å². The highest BCUT2D eigenvalue weighted by Crippen LogP contribution is 2.28. The van der Waals surface area contributed by atoms with Crippen molar-refractivity contribution in [1.82, 2.24) is 9.78 Å². The van der Waals surface area contributed by atoms with Crippen molar-refractivity contribution in [3.8, 4) is 0 Å².